The number of nitrogens with zero attached hydrogens (tertiary/aromatic N) is 1. The van der Waals surface area contributed by atoms with Gasteiger partial charge in [-0.2, -0.15) is 5.26 Å². The normalized spacial score (nSPS) is 24.5. The van der Waals surface area contributed by atoms with Crippen LogP contribution in [0.25, 0.3) is 0 Å². The molecule has 0 bridgehead atoms. The van der Waals surface area contributed by atoms with Crippen molar-refractivity contribution in [2.45, 2.75) is 20.3 Å². The SMILES string of the molecule is CCC1(C(C)C#N)COC1. The van der Waals surface area contributed by atoms with Crippen molar-refractivity contribution in [3.05, 3.63) is 0 Å². The molecule has 0 amide bonds. The zero-order valence-corrected chi connectivity index (χ0v) is 6.55. The van der Waals surface area contributed by atoms with Gasteiger partial charge in [0, 0.05) is 5.41 Å². The van der Waals surface area contributed by atoms with E-state index in [0.717, 1.165) is 19.6 Å². The van der Waals surface area contributed by atoms with Gasteiger partial charge in [-0.15, -0.1) is 0 Å². The largest absolute Gasteiger partial charge is 0.380 e. The Hall–Kier alpha value is -0.550. The summed E-state index contributed by atoms with van der Waals surface area (Å²) in [6.45, 7) is 5.65. The Bertz CT molecular complexity index is 150. The number of rotatable bonds is 2. The highest BCUT2D eigenvalue weighted by Crippen LogP contribution is 2.38. The van der Waals surface area contributed by atoms with Crippen molar-refractivity contribution in [1.82, 2.24) is 0 Å². The second-order valence-electron chi connectivity index (χ2n) is 3.06. The maximum absolute atomic E-state index is 8.66. The van der Waals surface area contributed by atoms with Crippen molar-refractivity contribution in [2.75, 3.05) is 13.2 Å². The molecule has 1 atom stereocenters. The lowest BCUT2D eigenvalue weighted by Gasteiger charge is -2.42. The first-order valence-electron chi connectivity index (χ1n) is 3.72. The lowest BCUT2D eigenvalue weighted by atomic mass is 9.73. The van der Waals surface area contributed by atoms with Gasteiger partial charge in [0.15, 0.2) is 0 Å². The Morgan fingerprint density at radius 2 is 2.30 bits per heavy atom. The summed E-state index contributed by atoms with van der Waals surface area (Å²) in [5.74, 6) is 0.145. The van der Waals surface area contributed by atoms with Gasteiger partial charge in [0.2, 0.25) is 0 Å². The van der Waals surface area contributed by atoms with Crippen molar-refractivity contribution in [2.24, 2.45) is 11.3 Å². The van der Waals surface area contributed by atoms with Gasteiger partial charge < -0.3 is 4.74 Å². The summed E-state index contributed by atoms with van der Waals surface area (Å²) in [5, 5.41) is 8.66. The van der Waals surface area contributed by atoms with Gasteiger partial charge in [-0.05, 0) is 13.3 Å². The molecule has 0 aromatic rings. The zero-order chi connectivity index (χ0) is 7.61. The van der Waals surface area contributed by atoms with Crippen LogP contribution in [-0.2, 0) is 4.74 Å². The van der Waals surface area contributed by atoms with E-state index in [1.807, 2.05) is 6.92 Å². The lowest BCUT2D eigenvalue weighted by molar-refractivity contribution is -0.133. The van der Waals surface area contributed by atoms with E-state index in [9.17, 15) is 0 Å². The van der Waals surface area contributed by atoms with Gasteiger partial charge in [-0.1, -0.05) is 6.92 Å². The first kappa shape index (κ1) is 7.56. The van der Waals surface area contributed by atoms with Crippen molar-refractivity contribution in [1.29, 1.82) is 5.26 Å². The summed E-state index contributed by atoms with van der Waals surface area (Å²) in [6.07, 6.45) is 1.06. The fraction of sp³-hybridized carbons (Fsp3) is 0.875. The number of hydrogen-bond acceptors (Lipinski definition) is 2. The van der Waals surface area contributed by atoms with Gasteiger partial charge in [0.1, 0.15) is 0 Å². The molecule has 1 saturated heterocycles. The van der Waals surface area contributed by atoms with Crippen LogP contribution in [0, 0.1) is 22.7 Å². The van der Waals surface area contributed by atoms with Gasteiger partial charge in [-0.25, -0.2) is 0 Å². The van der Waals surface area contributed by atoms with Crippen LogP contribution in [0.5, 0.6) is 0 Å². The number of nitriles is 1. The number of ether oxygens (including phenoxy) is 1. The molecule has 0 N–H and O–H groups in total. The molecule has 1 unspecified atom stereocenters. The lowest BCUT2D eigenvalue weighted by Crippen LogP contribution is -2.46. The second kappa shape index (κ2) is 2.59. The van der Waals surface area contributed by atoms with Crippen LogP contribution >= 0.6 is 0 Å². The third-order valence-corrected chi connectivity index (χ3v) is 2.60. The summed E-state index contributed by atoms with van der Waals surface area (Å²) in [6, 6.07) is 2.28. The third-order valence-electron chi connectivity index (χ3n) is 2.60. The maximum atomic E-state index is 8.66. The fourth-order valence-electron chi connectivity index (χ4n) is 1.26. The Balaban J connectivity index is 2.57. The van der Waals surface area contributed by atoms with Crippen LogP contribution in [0.15, 0.2) is 0 Å². The van der Waals surface area contributed by atoms with Crippen molar-refractivity contribution in [3.63, 3.8) is 0 Å². The zero-order valence-electron chi connectivity index (χ0n) is 6.55. The highest BCUT2D eigenvalue weighted by molar-refractivity contribution is 4.98. The summed E-state index contributed by atoms with van der Waals surface area (Å²) in [7, 11) is 0. The van der Waals surface area contributed by atoms with E-state index < -0.39 is 0 Å². The third kappa shape index (κ3) is 0.911. The Labute approximate surface area is 61.8 Å². The van der Waals surface area contributed by atoms with E-state index in [-0.39, 0.29) is 11.3 Å². The van der Waals surface area contributed by atoms with Crippen LogP contribution in [0.2, 0.25) is 0 Å². The van der Waals surface area contributed by atoms with Crippen molar-refractivity contribution < 1.29 is 4.74 Å². The summed E-state index contributed by atoms with van der Waals surface area (Å²) in [5.41, 5.74) is 0.189. The molecule has 1 heterocycles. The van der Waals surface area contributed by atoms with Gasteiger partial charge in [-0.3, -0.25) is 0 Å². The molecule has 0 spiro atoms. The van der Waals surface area contributed by atoms with Crippen LogP contribution in [0.1, 0.15) is 20.3 Å². The molecule has 1 aliphatic heterocycles. The Morgan fingerprint density at radius 3 is 2.40 bits per heavy atom. The van der Waals surface area contributed by atoms with E-state index in [2.05, 4.69) is 13.0 Å². The summed E-state index contributed by atoms with van der Waals surface area (Å²) < 4.78 is 5.10. The summed E-state index contributed by atoms with van der Waals surface area (Å²) in [4.78, 5) is 0. The molecule has 2 nitrogen and oxygen atoms in total. The van der Waals surface area contributed by atoms with Gasteiger partial charge >= 0.3 is 0 Å². The highest BCUT2D eigenvalue weighted by atomic mass is 16.5. The maximum Gasteiger partial charge on any atom is 0.0660 e. The number of hydrogen-bond donors (Lipinski definition) is 0. The van der Waals surface area contributed by atoms with E-state index in [4.69, 9.17) is 10.00 Å². The molecule has 2 heteroatoms. The topological polar surface area (TPSA) is 33.0 Å². The molecular formula is C8H13NO. The second-order valence-corrected chi connectivity index (χ2v) is 3.06. The Kier molecular flexibility index (Phi) is 1.96. The van der Waals surface area contributed by atoms with Crippen LogP contribution < -0.4 is 0 Å². The highest BCUT2D eigenvalue weighted by Gasteiger charge is 2.41. The van der Waals surface area contributed by atoms with E-state index in [1.165, 1.54) is 0 Å². The van der Waals surface area contributed by atoms with Gasteiger partial charge in [0.25, 0.3) is 0 Å². The van der Waals surface area contributed by atoms with Crippen molar-refractivity contribution in [3.8, 4) is 6.07 Å². The molecule has 1 aliphatic rings. The molecule has 0 aromatic heterocycles. The van der Waals surface area contributed by atoms with Crippen molar-refractivity contribution >= 4 is 0 Å². The molecule has 1 rings (SSSR count). The minimum absolute atomic E-state index is 0.145. The average molecular weight is 139 g/mol. The van der Waals surface area contributed by atoms with Crippen LogP contribution in [-0.4, -0.2) is 13.2 Å². The van der Waals surface area contributed by atoms with Crippen LogP contribution in [0.4, 0.5) is 0 Å². The molecule has 0 aliphatic carbocycles. The average Bonchev–Trinajstić information content (AvgIpc) is 1.86. The minimum atomic E-state index is 0.145. The first-order chi connectivity index (χ1) is 4.75. The predicted octanol–water partition coefficient (Wildman–Crippen LogP) is 1.57. The first-order valence-corrected chi connectivity index (χ1v) is 3.72. The fourth-order valence-corrected chi connectivity index (χ4v) is 1.26. The molecular weight excluding hydrogens is 126 g/mol. The molecule has 0 radical (unpaired) electrons. The van der Waals surface area contributed by atoms with E-state index >= 15 is 0 Å². The minimum Gasteiger partial charge on any atom is -0.380 e. The molecule has 0 saturated carbocycles. The monoisotopic (exact) mass is 139 g/mol. The predicted molar refractivity (Wildman–Crippen MR) is 38.3 cm³/mol. The smallest absolute Gasteiger partial charge is 0.0660 e. The molecule has 56 valence electrons. The molecule has 0 aromatic carbocycles. The Morgan fingerprint density at radius 1 is 1.70 bits per heavy atom. The quantitative estimate of drug-likeness (QED) is 0.581. The molecule has 10 heavy (non-hydrogen) atoms. The van der Waals surface area contributed by atoms with E-state index in [1.54, 1.807) is 0 Å². The van der Waals surface area contributed by atoms with Crippen LogP contribution in [0.3, 0.4) is 0 Å². The standard InChI is InChI=1S/C8H13NO/c1-3-8(5-10-6-8)7(2)4-9/h7H,3,5-6H2,1-2H3. The van der Waals surface area contributed by atoms with E-state index in [0.29, 0.717) is 0 Å². The van der Waals surface area contributed by atoms with Gasteiger partial charge in [0.05, 0.1) is 25.2 Å². The molecule has 1 fully saturated rings. The summed E-state index contributed by atoms with van der Waals surface area (Å²) >= 11 is 0.